The first kappa shape index (κ1) is 28.7. The van der Waals surface area contributed by atoms with Crippen LogP contribution in [0.15, 0.2) is 114 Å². The number of anilines is 1. The van der Waals surface area contributed by atoms with Gasteiger partial charge in [-0.25, -0.2) is 17.8 Å². The Hall–Kier alpha value is -4.80. The van der Waals surface area contributed by atoms with E-state index >= 15 is 0 Å². The number of methoxy groups -OCH3 is 1. The molecule has 10 heteroatoms. The summed E-state index contributed by atoms with van der Waals surface area (Å²) in [5, 5.41) is 2.76. The van der Waals surface area contributed by atoms with Gasteiger partial charge in [0.25, 0.3) is 0 Å². The lowest BCUT2D eigenvalue weighted by molar-refractivity contribution is -0.116. The normalized spacial score (nSPS) is 11.4. The number of carbonyl (C=O) groups excluding carboxylic acids is 1. The number of nitrogens with zero attached hydrogens (tertiary/aromatic N) is 3. The van der Waals surface area contributed by atoms with Gasteiger partial charge in [-0.1, -0.05) is 66.7 Å². The number of carbonyl (C=O) groups is 1. The van der Waals surface area contributed by atoms with Gasteiger partial charge in [-0.2, -0.15) is 4.31 Å². The van der Waals surface area contributed by atoms with Crippen molar-refractivity contribution in [1.82, 2.24) is 13.9 Å². The molecule has 0 aliphatic carbocycles. The largest absolute Gasteiger partial charge is 0.497 e. The lowest BCUT2D eigenvalue weighted by Crippen LogP contribution is -2.38. The summed E-state index contributed by atoms with van der Waals surface area (Å²) in [5.74, 6) is -0.375. The highest BCUT2D eigenvalue weighted by atomic mass is 32.2. The fraction of sp³-hybridized carbons (Fsp3) is 0.125. The quantitative estimate of drug-likeness (QED) is 0.223. The second-order valence-corrected chi connectivity index (χ2v) is 11.5. The number of imidazole rings is 1. The van der Waals surface area contributed by atoms with E-state index in [9.17, 15) is 17.6 Å². The monoisotopic (exact) mass is 584 g/mol. The molecule has 1 aromatic heterocycles. The Morgan fingerprint density at radius 1 is 0.952 bits per heavy atom. The molecule has 1 amide bonds. The molecule has 0 aliphatic heterocycles. The van der Waals surface area contributed by atoms with E-state index in [0.717, 1.165) is 9.87 Å². The van der Waals surface area contributed by atoms with E-state index in [-0.39, 0.29) is 17.4 Å². The van der Waals surface area contributed by atoms with Crippen LogP contribution < -0.4 is 10.1 Å². The van der Waals surface area contributed by atoms with Crippen molar-refractivity contribution in [2.75, 3.05) is 19.0 Å². The van der Waals surface area contributed by atoms with E-state index in [1.807, 2.05) is 36.4 Å². The second-order valence-electron chi connectivity index (χ2n) is 9.60. The molecule has 1 N–H and O–H groups in total. The van der Waals surface area contributed by atoms with Crippen molar-refractivity contribution in [3.05, 3.63) is 126 Å². The number of rotatable bonds is 10. The number of sulfonamides is 1. The summed E-state index contributed by atoms with van der Waals surface area (Å²) in [6, 6.07) is 29.1. The molecule has 1 heterocycles. The average Bonchev–Trinajstić information content (AvgIpc) is 3.42. The van der Waals surface area contributed by atoms with Crippen LogP contribution in [-0.4, -0.2) is 41.8 Å². The maximum Gasteiger partial charge on any atom is 0.243 e. The zero-order valence-corrected chi connectivity index (χ0v) is 23.9. The first-order valence-electron chi connectivity index (χ1n) is 13.1. The fourth-order valence-electron chi connectivity index (χ4n) is 4.38. The van der Waals surface area contributed by atoms with Crippen LogP contribution in [0.4, 0.5) is 10.3 Å². The van der Waals surface area contributed by atoms with Gasteiger partial charge in [0.15, 0.2) is 0 Å². The molecule has 0 saturated carbocycles. The van der Waals surface area contributed by atoms with Crippen molar-refractivity contribution >= 4 is 21.9 Å². The topological polar surface area (TPSA) is 93.5 Å². The number of aryl methyl sites for hydroxylation is 1. The number of halogens is 1. The van der Waals surface area contributed by atoms with Crippen LogP contribution in [0.3, 0.4) is 0 Å². The molecular weight excluding hydrogens is 555 g/mol. The first-order valence-corrected chi connectivity index (χ1v) is 14.6. The zero-order valence-electron chi connectivity index (χ0n) is 23.1. The molecule has 5 aromatic rings. The van der Waals surface area contributed by atoms with E-state index in [2.05, 4.69) is 10.3 Å². The van der Waals surface area contributed by atoms with Gasteiger partial charge in [0, 0.05) is 18.3 Å². The lowest BCUT2D eigenvalue weighted by atomic mass is 10.2. The second kappa shape index (κ2) is 12.4. The Balaban J connectivity index is 1.48. The van der Waals surface area contributed by atoms with Crippen LogP contribution in [0.1, 0.15) is 11.1 Å². The molecule has 0 atom stereocenters. The number of aromatic nitrogens is 2. The third-order valence-electron chi connectivity index (χ3n) is 6.68. The van der Waals surface area contributed by atoms with Crippen molar-refractivity contribution in [2.24, 2.45) is 0 Å². The summed E-state index contributed by atoms with van der Waals surface area (Å²) in [6.45, 7) is 1.14. The number of hydrogen-bond donors (Lipinski definition) is 1. The van der Waals surface area contributed by atoms with Crippen LogP contribution >= 0.6 is 0 Å². The SMILES string of the molecule is COc1ccc(S(=O)(=O)N(CC(=O)Nc2nc(-c3ccccc3)cn2-c2ccc(C)c(F)c2)Cc2ccccc2)cc1. The Kier molecular flexibility index (Phi) is 8.46. The Bertz CT molecular complexity index is 1790. The Morgan fingerprint density at radius 2 is 1.62 bits per heavy atom. The predicted molar refractivity (Wildman–Crippen MR) is 159 cm³/mol. The standard InChI is InChI=1S/C32H29FN4O4S/c1-23-13-14-26(19-29(23)33)37-21-30(25-11-7-4-8-12-25)34-32(37)35-31(38)22-36(20-24-9-5-3-6-10-24)42(39,40)28-17-15-27(41-2)16-18-28/h3-19,21H,20,22H2,1-2H3,(H,34,35,38). The summed E-state index contributed by atoms with van der Waals surface area (Å²) >= 11 is 0. The smallest absolute Gasteiger partial charge is 0.243 e. The van der Waals surface area contributed by atoms with Crippen molar-refractivity contribution < 1.29 is 22.3 Å². The van der Waals surface area contributed by atoms with E-state index in [1.165, 1.54) is 25.3 Å². The summed E-state index contributed by atoms with van der Waals surface area (Å²) in [7, 11) is -2.59. The first-order chi connectivity index (χ1) is 20.2. The highest BCUT2D eigenvalue weighted by molar-refractivity contribution is 7.89. The molecule has 8 nitrogen and oxygen atoms in total. The minimum absolute atomic E-state index is 0.0232. The summed E-state index contributed by atoms with van der Waals surface area (Å²) in [4.78, 5) is 18.1. The molecule has 0 bridgehead atoms. The minimum atomic E-state index is -4.08. The van der Waals surface area contributed by atoms with Crippen LogP contribution in [0, 0.1) is 12.7 Å². The van der Waals surface area contributed by atoms with Crippen molar-refractivity contribution in [3.63, 3.8) is 0 Å². The number of nitrogens with one attached hydrogen (secondary N) is 1. The third-order valence-corrected chi connectivity index (χ3v) is 8.49. The van der Waals surface area contributed by atoms with Gasteiger partial charge in [0.1, 0.15) is 11.6 Å². The van der Waals surface area contributed by atoms with E-state index in [0.29, 0.717) is 28.3 Å². The number of amides is 1. The molecule has 4 aromatic carbocycles. The van der Waals surface area contributed by atoms with Gasteiger partial charge in [-0.3, -0.25) is 14.7 Å². The Labute approximate surface area is 244 Å². The van der Waals surface area contributed by atoms with E-state index < -0.39 is 28.3 Å². The molecule has 0 fully saturated rings. The number of ether oxygens (including phenoxy) is 1. The maximum atomic E-state index is 14.5. The van der Waals surface area contributed by atoms with Gasteiger partial charge in [-0.15, -0.1) is 0 Å². The summed E-state index contributed by atoms with van der Waals surface area (Å²) in [6.07, 6.45) is 1.70. The van der Waals surface area contributed by atoms with E-state index in [4.69, 9.17) is 4.74 Å². The van der Waals surface area contributed by atoms with Crippen LogP contribution in [0.25, 0.3) is 16.9 Å². The average molecular weight is 585 g/mol. The highest BCUT2D eigenvalue weighted by Gasteiger charge is 2.28. The highest BCUT2D eigenvalue weighted by Crippen LogP contribution is 2.26. The van der Waals surface area contributed by atoms with Crippen LogP contribution in [0.2, 0.25) is 0 Å². The third kappa shape index (κ3) is 6.40. The molecule has 0 spiro atoms. The van der Waals surface area contributed by atoms with Crippen molar-refractivity contribution in [2.45, 2.75) is 18.4 Å². The number of hydrogen-bond acceptors (Lipinski definition) is 5. The van der Waals surface area contributed by atoms with Gasteiger partial charge >= 0.3 is 0 Å². The molecule has 214 valence electrons. The number of benzene rings is 4. The van der Waals surface area contributed by atoms with Gasteiger partial charge < -0.3 is 4.74 Å². The van der Waals surface area contributed by atoms with Crippen LogP contribution in [-0.2, 0) is 21.4 Å². The fourth-order valence-corrected chi connectivity index (χ4v) is 5.76. The minimum Gasteiger partial charge on any atom is -0.497 e. The molecule has 5 rings (SSSR count). The molecule has 42 heavy (non-hydrogen) atoms. The summed E-state index contributed by atoms with van der Waals surface area (Å²) in [5.41, 5.74) is 3.00. The predicted octanol–water partition coefficient (Wildman–Crippen LogP) is 5.83. The van der Waals surface area contributed by atoms with Gasteiger partial charge in [0.05, 0.1) is 29.9 Å². The Morgan fingerprint density at radius 3 is 2.26 bits per heavy atom. The van der Waals surface area contributed by atoms with E-state index in [1.54, 1.807) is 66.2 Å². The molecule has 0 unspecified atom stereocenters. The summed E-state index contributed by atoms with van der Waals surface area (Å²) < 4.78 is 49.8. The zero-order chi connectivity index (χ0) is 29.7. The van der Waals surface area contributed by atoms with Crippen molar-refractivity contribution in [3.8, 4) is 22.7 Å². The maximum absolute atomic E-state index is 14.5. The molecular formula is C32H29FN4O4S. The molecule has 0 aliphatic rings. The molecule has 0 radical (unpaired) electrons. The molecule has 0 saturated heterocycles. The van der Waals surface area contributed by atoms with Crippen molar-refractivity contribution in [1.29, 1.82) is 0 Å². The van der Waals surface area contributed by atoms with Gasteiger partial charge in [-0.05, 0) is 54.4 Å². The lowest BCUT2D eigenvalue weighted by Gasteiger charge is -2.22. The van der Waals surface area contributed by atoms with Gasteiger partial charge in [0.2, 0.25) is 21.9 Å². The van der Waals surface area contributed by atoms with Crippen LogP contribution in [0.5, 0.6) is 5.75 Å².